The van der Waals surface area contributed by atoms with E-state index in [-0.39, 0.29) is 6.61 Å². The summed E-state index contributed by atoms with van der Waals surface area (Å²) < 4.78 is 2.53. The second-order valence-electron chi connectivity index (χ2n) is 4.19. The molecule has 0 aromatic carbocycles. The Bertz CT molecular complexity index is 365. The number of hydrogen-bond donors (Lipinski definition) is 2. The van der Waals surface area contributed by atoms with Crippen molar-refractivity contribution < 1.29 is 5.11 Å². The van der Waals surface area contributed by atoms with Crippen LogP contribution >= 0.6 is 12.2 Å². The minimum atomic E-state index is -0.0438. The van der Waals surface area contributed by atoms with Crippen LogP contribution in [-0.2, 0) is 13.2 Å². The molecule has 0 unspecified atom stereocenters. The van der Waals surface area contributed by atoms with E-state index >= 15 is 0 Å². The molecule has 1 heterocycles. The first-order valence-corrected chi connectivity index (χ1v) is 5.97. The first kappa shape index (κ1) is 10.8. The van der Waals surface area contributed by atoms with Crippen molar-refractivity contribution in [3.63, 3.8) is 0 Å². The number of aliphatic hydroxyl groups excluding tert-OH is 1. The number of aromatic amines is 1. The third-order valence-electron chi connectivity index (χ3n) is 3.21. The summed E-state index contributed by atoms with van der Waals surface area (Å²) in [6, 6.07) is 0. The van der Waals surface area contributed by atoms with E-state index in [1.165, 1.54) is 25.7 Å². The summed E-state index contributed by atoms with van der Waals surface area (Å²) in [5.41, 5.74) is 0. The van der Waals surface area contributed by atoms with Gasteiger partial charge < -0.3 is 9.67 Å². The molecule has 0 atom stereocenters. The highest BCUT2D eigenvalue weighted by Gasteiger charge is 2.15. The Morgan fingerprint density at radius 2 is 2.20 bits per heavy atom. The Morgan fingerprint density at radius 1 is 1.47 bits per heavy atom. The second kappa shape index (κ2) is 4.90. The molecular weight excluding hydrogens is 210 g/mol. The highest BCUT2D eigenvalue weighted by molar-refractivity contribution is 7.71. The van der Waals surface area contributed by atoms with E-state index in [2.05, 4.69) is 10.2 Å². The van der Waals surface area contributed by atoms with Gasteiger partial charge in [-0.3, -0.25) is 5.10 Å². The summed E-state index contributed by atoms with van der Waals surface area (Å²) in [7, 11) is 0. The Morgan fingerprint density at radius 3 is 2.87 bits per heavy atom. The zero-order valence-electron chi connectivity index (χ0n) is 8.78. The number of nitrogens with one attached hydrogen (secondary N) is 1. The monoisotopic (exact) mass is 227 g/mol. The third-order valence-corrected chi connectivity index (χ3v) is 3.53. The maximum absolute atomic E-state index is 9.07. The van der Waals surface area contributed by atoms with Crippen LogP contribution < -0.4 is 0 Å². The predicted octanol–water partition coefficient (Wildman–Crippen LogP) is 2.01. The number of hydrogen-bond acceptors (Lipinski definition) is 3. The van der Waals surface area contributed by atoms with Gasteiger partial charge in [-0.1, -0.05) is 25.7 Å². The summed E-state index contributed by atoms with van der Waals surface area (Å²) >= 11 is 5.11. The summed E-state index contributed by atoms with van der Waals surface area (Å²) in [5.74, 6) is 1.49. The van der Waals surface area contributed by atoms with Crippen LogP contribution in [0.2, 0.25) is 0 Å². The van der Waals surface area contributed by atoms with Crippen LogP contribution in [0, 0.1) is 10.7 Å². The number of aliphatic hydroxyl groups is 1. The molecule has 5 heteroatoms. The smallest absolute Gasteiger partial charge is 0.195 e. The molecule has 15 heavy (non-hydrogen) atoms. The van der Waals surface area contributed by atoms with Crippen molar-refractivity contribution in [2.45, 2.75) is 45.3 Å². The van der Waals surface area contributed by atoms with E-state index in [4.69, 9.17) is 17.3 Å². The minimum absolute atomic E-state index is 0.0438. The Labute approximate surface area is 94.3 Å². The molecule has 1 aliphatic carbocycles. The molecular formula is C10H17N3OS. The summed E-state index contributed by atoms with van der Waals surface area (Å²) in [6.07, 6.45) is 6.59. The van der Waals surface area contributed by atoms with Gasteiger partial charge in [0.15, 0.2) is 10.6 Å². The molecule has 2 N–H and O–H groups in total. The number of H-pyrrole nitrogens is 1. The summed E-state index contributed by atoms with van der Waals surface area (Å²) in [6.45, 7) is 0.841. The van der Waals surface area contributed by atoms with Crippen LogP contribution in [0.4, 0.5) is 0 Å². The number of rotatable bonds is 4. The van der Waals surface area contributed by atoms with Gasteiger partial charge in [0.25, 0.3) is 0 Å². The predicted molar refractivity (Wildman–Crippen MR) is 59.9 cm³/mol. The lowest BCUT2D eigenvalue weighted by Crippen LogP contribution is -2.07. The van der Waals surface area contributed by atoms with Gasteiger partial charge in [0, 0.05) is 6.54 Å². The van der Waals surface area contributed by atoms with Crippen molar-refractivity contribution >= 4 is 12.2 Å². The van der Waals surface area contributed by atoms with Gasteiger partial charge in [-0.05, 0) is 24.6 Å². The molecule has 1 aromatic heterocycles. The summed E-state index contributed by atoms with van der Waals surface area (Å²) in [5, 5.41) is 15.8. The molecule has 0 radical (unpaired) electrons. The van der Waals surface area contributed by atoms with Crippen molar-refractivity contribution in [1.82, 2.24) is 14.8 Å². The lowest BCUT2D eigenvalue weighted by molar-refractivity contribution is 0.262. The first-order chi connectivity index (χ1) is 7.31. The van der Waals surface area contributed by atoms with Gasteiger partial charge in [0.2, 0.25) is 0 Å². The minimum Gasteiger partial charge on any atom is -0.388 e. The van der Waals surface area contributed by atoms with Crippen LogP contribution in [-0.4, -0.2) is 19.9 Å². The van der Waals surface area contributed by atoms with E-state index in [0.717, 1.165) is 18.9 Å². The molecule has 0 amide bonds. The first-order valence-electron chi connectivity index (χ1n) is 5.56. The second-order valence-corrected chi connectivity index (χ2v) is 4.58. The molecule has 0 spiro atoms. The average Bonchev–Trinajstić information content (AvgIpc) is 2.84. The van der Waals surface area contributed by atoms with Gasteiger partial charge in [-0.25, -0.2) is 0 Å². The topological polar surface area (TPSA) is 53.8 Å². The molecule has 0 bridgehead atoms. The lowest BCUT2D eigenvalue weighted by atomic mass is 10.0. The SMILES string of the molecule is OCc1n[nH]c(=S)n1CCC1CCCC1. The van der Waals surface area contributed by atoms with E-state index in [1.54, 1.807) is 0 Å². The molecule has 1 aromatic rings. The Balaban J connectivity index is 1.97. The Kier molecular flexibility index (Phi) is 3.53. The van der Waals surface area contributed by atoms with E-state index in [0.29, 0.717) is 10.6 Å². The molecule has 0 saturated heterocycles. The average molecular weight is 227 g/mol. The summed E-state index contributed by atoms with van der Waals surface area (Å²) in [4.78, 5) is 0. The normalized spacial score (nSPS) is 17.4. The van der Waals surface area contributed by atoms with Crippen molar-refractivity contribution in [1.29, 1.82) is 0 Å². The molecule has 4 nitrogen and oxygen atoms in total. The van der Waals surface area contributed by atoms with E-state index in [9.17, 15) is 0 Å². The van der Waals surface area contributed by atoms with Crippen LogP contribution in [0.25, 0.3) is 0 Å². The van der Waals surface area contributed by atoms with E-state index < -0.39 is 0 Å². The molecule has 84 valence electrons. The van der Waals surface area contributed by atoms with Crippen LogP contribution in [0.1, 0.15) is 37.9 Å². The van der Waals surface area contributed by atoms with Crippen LogP contribution in [0.3, 0.4) is 0 Å². The number of aromatic nitrogens is 3. The van der Waals surface area contributed by atoms with Crippen molar-refractivity contribution in [2.24, 2.45) is 5.92 Å². The fourth-order valence-corrected chi connectivity index (χ4v) is 2.55. The number of nitrogens with zero attached hydrogens (tertiary/aromatic N) is 2. The zero-order chi connectivity index (χ0) is 10.7. The fourth-order valence-electron chi connectivity index (χ4n) is 2.31. The fraction of sp³-hybridized carbons (Fsp3) is 0.800. The highest BCUT2D eigenvalue weighted by Crippen LogP contribution is 2.27. The lowest BCUT2D eigenvalue weighted by Gasteiger charge is -2.10. The van der Waals surface area contributed by atoms with Gasteiger partial charge in [0.05, 0.1) is 0 Å². The van der Waals surface area contributed by atoms with Crippen molar-refractivity contribution in [3.05, 3.63) is 10.6 Å². The van der Waals surface area contributed by atoms with Gasteiger partial charge in [-0.2, -0.15) is 5.10 Å². The van der Waals surface area contributed by atoms with Crippen molar-refractivity contribution in [2.75, 3.05) is 0 Å². The van der Waals surface area contributed by atoms with Crippen molar-refractivity contribution in [3.8, 4) is 0 Å². The van der Waals surface area contributed by atoms with Crippen LogP contribution in [0.15, 0.2) is 0 Å². The third kappa shape index (κ3) is 2.46. The molecule has 0 aliphatic heterocycles. The standard InChI is InChI=1S/C10H17N3OS/c14-7-9-11-12-10(15)13(9)6-5-8-3-1-2-4-8/h8,14H,1-7H2,(H,12,15). The van der Waals surface area contributed by atoms with Crippen LogP contribution in [0.5, 0.6) is 0 Å². The zero-order valence-corrected chi connectivity index (χ0v) is 9.59. The quantitative estimate of drug-likeness (QED) is 0.774. The van der Waals surface area contributed by atoms with E-state index in [1.807, 2.05) is 4.57 Å². The largest absolute Gasteiger partial charge is 0.388 e. The molecule has 2 rings (SSSR count). The van der Waals surface area contributed by atoms with Gasteiger partial charge >= 0.3 is 0 Å². The molecule has 1 aliphatic rings. The van der Waals surface area contributed by atoms with Gasteiger partial charge in [-0.15, -0.1) is 0 Å². The van der Waals surface area contributed by atoms with Gasteiger partial charge in [0.1, 0.15) is 6.61 Å². The maximum atomic E-state index is 9.07. The molecule has 1 fully saturated rings. The Hall–Kier alpha value is -0.680. The molecule has 1 saturated carbocycles. The highest BCUT2D eigenvalue weighted by atomic mass is 32.1. The maximum Gasteiger partial charge on any atom is 0.195 e.